The molecule has 2 unspecified atom stereocenters. The molecule has 6 nitrogen and oxygen atoms in total. The SMILES string of the molecule is CCC(NC(=O)NC(CC(=O)O)C(C)(C)C)c1nccs1. The molecular formula is C14H23N3O3S. The normalized spacial score (nSPS) is 14.3. The van der Waals surface area contributed by atoms with Crippen LogP contribution < -0.4 is 10.6 Å². The summed E-state index contributed by atoms with van der Waals surface area (Å²) in [6.07, 6.45) is 2.32. The maximum Gasteiger partial charge on any atom is 0.315 e. The van der Waals surface area contributed by atoms with E-state index in [2.05, 4.69) is 15.6 Å². The second kappa shape index (κ2) is 7.40. The number of carboxylic acids is 1. The third-order valence-electron chi connectivity index (χ3n) is 3.19. The summed E-state index contributed by atoms with van der Waals surface area (Å²) < 4.78 is 0. The lowest BCUT2D eigenvalue weighted by molar-refractivity contribution is -0.138. The van der Waals surface area contributed by atoms with Crippen molar-refractivity contribution >= 4 is 23.3 Å². The van der Waals surface area contributed by atoms with E-state index >= 15 is 0 Å². The molecule has 0 aliphatic carbocycles. The summed E-state index contributed by atoms with van der Waals surface area (Å²) >= 11 is 1.48. The molecule has 0 aromatic carbocycles. The number of carboxylic acid groups (broad SMARTS) is 1. The van der Waals surface area contributed by atoms with Gasteiger partial charge in [0, 0.05) is 17.6 Å². The van der Waals surface area contributed by atoms with Crippen LogP contribution in [-0.2, 0) is 4.79 Å². The predicted octanol–water partition coefficient (Wildman–Crippen LogP) is 2.78. The van der Waals surface area contributed by atoms with Crippen molar-refractivity contribution in [3.8, 4) is 0 Å². The van der Waals surface area contributed by atoms with Gasteiger partial charge in [0.1, 0.15) is 5.01 Å². The Morgan fingerprint density at radius 3 is 2.48 bits per heavy atom. The first-order valence-corrected chi connectivity index (χ1v) is 7.80. The van der Waals surface area contributed by atoms with Crippen LogP contribution in [0.4, 0.5) is 4.79 Å². The summed E-state index contributed by atoms with van der Waals surface area (Å²) in [5.74, 6) is -0.929. The Hall–Kier alpha value is -1.63. The fourth-order valence-electron chi connectivity index (χ4n) is 1.85. The average molecular weight is 313 g/mol. The summed E-state index contributed by atoms with van der Waals surface area (Å²) in [5, 5.41) is 17.3. The van der Waals surface area contributed by atoms with E-state index in [1.807, 2.05) is 33.1 Å². The third-order valence-corrected chi connectivity index (χ3v) is 4.08. The molecule has 0 aliphatic heterocycles. The Morgan fingerprint density at radius 1 is 1.38 bits per heavy atom. The summed E-state index contributed by atoms with van der Waals surface area (Å²) in [6.45, 7) is 7.67. The lowest BCUT2D eigenvalue weighted by Gasteiger charge is -2.31. The molecule has 1 rings (SSSR count). The maximum atomic E-state index is 12.1. The van der Waals surface area contributed by atoms with Crippen LogP contribution in [-0.4, -0.2) is 28.1 Å². The summed E-state index contributed by atoms with van der Waals surface area (Å²) in [4.78, 5) is 27.2. The Kier molecular flexibility index (Phi) is 6.14. The van der Waals surface area contributed by atoms with Crippen molar-refractivity contribution in [3.05, 3.63) is 16.6 Å². The van der Waals surface area contributed by atoms with E-state index in [1.54, 1.807) is 6.20 Å². The van der Waals surface area contributed by atoms with Gasteiger partial charge in [-0.25, -0.2) is 9.78 Å². The number of nitrogens with zero attached hydrogens (tertiary/aromatic N) is 1. The first-order valence-electron chi connectivity index (χ1n) is 6.92. The molecule has 7 heteroatoms. The fraction of sp³-hybridized carbons (Fsp3) is 0.643. The number of hydrogen-bond acceptors (Lipinski definition) is 4. The Bertz CT molecular complexity index is 468. The number of amides is 2. The molecule has 0 fully saturated rings. The highest BCUT2D eigenvalue weighted by Crippen LogP contribution is 2.22. The van der Waals surface area contributed by atoms with Crippen molar-refractivity contribution in [1.82, 2.24) is 15.6 Å². The van der Waals surface area contributed by atoms with Gasteiger partial charge in [-0.15, -0.1) is 11.3 Å². The highest BCUT2D eigenvalue weighted by Gasteiger charge is 2.29. The first kappa shape index (κ1) is 17.4. The zero-order valence-electron chi connectivity index (χ0n) is 12.8. The molecule has 21 heavy (non-hydrogen) atoms. The van der Waals surface area contributed by atoms with Crippen molar-refractivity contribution in [3.63, 3.8) is 0 Å². The molecule has 0 saturated carbocycles. The molecule has 0 radical (unpaired) electrons. The predicted molar refractivity (Wildman–Crippen MR) is 82.3 cm³/mol. The molecule has 3 N–H and O–H groups in total. The van der Waals surface area contributed by atoms with Crippen LogP contribution in [0.2, 0.25) is 0 Å². The smallest absolute Gasteiger partial charge is 0.315 e. The van der Waals surface area contributed by atoms with Crippen LogP contribution >= 0.6 is 11.3 Å². The highest BCUT2D eigenvalue weighted by atomic mass is 32.1. The van der Waals surface area contributed by atoms with Crippen LogP contribution in [0.15, 0.2) is 11.6 Å². The molecule has 2 atom stereocenters. The van der Waals surface area contributed by atoms with Crippen LogP contribution in [0.3, 0.4) is 0 Å². The van der Waals surface area contributed by atoms with Gasteiger partial charge in [-0.1, -0.05) is 27.7 Å². The minimum atomic E-state index is -0.929. The fourth-order valence-corrected chi connectivity index (χ4v) is 2.62. The Morgan fingerprint density at radius 2 is 2.05 bits per heavy atom. The number of thiazole rings is 1. The number of aromatic nitrogens is 1. The Balaban J connectivity index is 2.67. The van der Waals surface area contributed by atoms with Gasteiger partial charge in [0.15, 0.2) is 0 Å². The number of aliphatic carboxylic acids is 1. The number of carbonyl (C=O) groups is 2. The topological polar surface area (TPSA) is 91.3 Å². The van der Waals surface area contributed by atoms with Crippen molar-refractivity contribution < 1.29 is 14.7 Å². The third kappa shape index (κ3) is 5.71. The van der Waals surface area contributed by atoms with Gasteiger partial charge >= 0.3 is 12.0 Å². The number of carbonyl (C=O) groups excluding carboxylic acids is 1. The van der Waals surface area contributed by atoms with E-state index in [0.29, 0.717) is 0 Å². The number of hydrogen-bond donors (Lipinski definition) is 3. The molecule has 0 aliphatic rings. The second-order valence-electron chi connectivity index (χ2n) is 5.97. The van der Waals surface area contributed by atoms with Crippen molar-refractivity contribution in [2.45, 2.75) is 52.6 Å². The molecule has 118 valence electrons. The average Bonchev–Trinajstić information content (AvgIpc) is 2.87. The second-order valence-corrected chi connectivity index (χ2v) is 6.89. The maximum absolute atomic E-state index is 12.1. The molecule has 1 heterocycles. The van der Waals surface area contributed by atoms with E-state index < -0.39 is 12.0 Å². The zero-order chi connectivity index (χ0) is 16.0. The van der Waals surface area contributed by atoms with Gasteiger partial charge in [-0.2, -0.15) is 0 Å². The largest absolute Gasteiger partial charge is 0.481 e. The molecule has 2 amide bonds. The summed E-state index contributed by atoms with van der Waals surface area (Å²) in [6, 6.07) is -0.961. The van der Waals surface area contributed by atoms with E-state index in [0.717, 1.165) is 11.4 Å². The minimum absolute atomic E-state index is 0.106. The molecule has 1 aromatic rings. The molecule has 0 saturated heterocycles. The van der Waals surface area contributed by atoms with Crippen LogP contribution in [0.5, 0.6) is 0 Å². The molecule has 1 aromatic heterocycles. The van der Waals surface area contributed by atoms with E-state index in [4.69, 9.17) is 5.11 Å². The molecular weight excluding hydrogens is 290 g/mol. The van der Waals surface area contributed by atoms with Crippen LogP contribution in [0.25, 0.3) is 0 Å². The van der Waals surface area contributed by atoms with Crippen LogP contribution in [0.1, 0.15) is 51.6 Å². The van der Waals surface area contributed by atoms with Crippen molar-refractivity contribution in [1.29, 1.82) is 0 Å². The number of nitrogens with one attached hydrogen (secondary N) is 2. The highest BCUT2D eigenvalue weighted by molar-refractivity contribution is 7.09. The first-order chi connectivity index (χ1) is 9.74. The summed E-state index contributed by atoms with van der Waals surface area (Å²) in [7, 11) is 0. The lowest BCUT2D eigenvalue weighted by atomic mass is 9.85. The lowest BCUT2D eigenvalue weighted by Crippen LogP contribution is -2.49. The quantitative estimate of drug-likeness (QED) is 0.753. The van der Waals surface area contributed by atoms with E-state index in [-0.39, 0.29) is 23.9 Å². The van der Waals surface area contributed by atoms with Crippen molar-refractivity contribution in [2.75, 3.05) is 0 Å². The molecule has 0 bridgehead atoms. The number of urea groups is 1. The summed E-state index contributed by atoms with van der Waals surface area (Å²) in [5.41, 5.74) is -0.335. The van der Waals surface area contributed by atoms with E-state index in [1.165, 1.54) is 11.3 Å². The van der Waals surface area contributed by atoms with Gasteiger partial charge in [-0.05, 0) is 11.8 Å². The van der Waals surface area contributed by atoms with Gasteiger partial charge in [0.2, 0.25) is 0 Å². The number of rotatable bonds is 6. The van der Waals surface area contributed by atoms with E-state index in [9.17, 15) is 9.59 Å². The van der Waals surface area contributed by atoms with Crippen LogP contribution in [0, 0.1) is 5.41 Å². The zero-order valence-corrected chi connectivity index (χ0v) is 13.7. The van der Waals surface area contributed by atoms with Crippen molar-refractivity contribution in [2.24, 2.45) is 5.41 Å². The van der Waals surface area contributed by atoms with Gasteiger partial charge in [-0.3, -0.25) is 4.79 Å². The Labute approximate surface area is 129 Å². The van der Waals surface area contributed by atoms with Gasteiger partial charge in [0.25, 0.3) is 0 Å². The van der Waals surface area contributed by atoms with Gasteiger partial charge in [0.05, 0.1) is 12.5 Å². The minimum Gasteiger partial charge on any atom is -0.481 e. The monoisotopic (exact) mass is 313 g/mol. The molecule has 0 spiro atoms. The standard InChI is InChI=1S/C14H23N3O3S/c1-5-9(12-15-6-7-21-12)16-13(20)17-10(8-11(18)19)14(2,3)4/h6-7,9-10H,5,8H2,1-4H3,(H,18,19)(H2,16,17,20). The van der Waals surface area contributed by atoms with Gasteiger partial charge < -0.3 is 15.7 Å².